The zero-order valence-corrected chi connectivity index (χ0v) is 24.7. The first kappa shape index (κ1) is 28.8. The molecule has 2 N–H and O–H groups in total. The zero-order valence-electron chi connectivity index (χ0n) is 24.7. The molecule has 2 aromatic carbocycles. The summed E-state index contributed by atoms with van der Waals surface area (Å²) in [7, 11) is 2.13. The number of fused-ring (bicyclic) bond motifs is 1. The van der Waals surface area contributed by atoms with E-state index in [0.29, 0.717) is 42.7 Å². The molecule has 11 heteroatoms. The second-order valence-corrected chi connectivity index (χ2v) is 10.9. The van der Waals surface area contributed by atoms with Gasteiger partial charge < -0.3 is 25.3 Å². The van der Waals surface area contributed by atoms with Gasteiger partial charge in [-0.15, -0.1) is 0 Å². The predicted molar refractivity (Wildman–Crippen MR) is 173 cm³/mol. The van der Waals surface area contributed by atoms with Crippen molar-refractivity contribution in [3.63, 3.8) is 0 Å². The Bertz CT molecular complexity index is 1640. The van der Waals surface area contributed by atoms with Crippen molar-refractivity contribution in [1.82, 2.24) is 24.8 Å². The van der Waals surface area contributed by atoms with Crippen molar-refractivity contribution in [2.45, 2.75) is 13.0 Å². The van der Waals surface area contributed by atoms with Gasteiger partial charge in [-0.2, -0.15) is 4.98 Å². The molecule has 0 saturated carbocycles. The van der Waals surface area contributed by atoms with Gasteiger partial charge in [-0.1, -0.05) is 43.0 Å². The van der Waals surface area contributed by atoms with Crippen molar-refractivity contribution in [3.8, 4) is 0 Å². The first-order valence-corrected chi connectivity index (χ1v) is 14.7. The van der Waals surface area contributed by atoms with Gasteiger partial charge in [0.25, 0.3) is 0 Å². The van der Waals surface area contributed by atoms with E-state index in [0.717, 1.165) is 48.8 Å². The van der Waals surface area contributed by atoms with Gasteiger partial charge >= 0.3 is 6.03 Å². The maximum atomic E-state index is 14.2. The Balaban J connectivity index is 1.30. The molecule has 2 aliphatic heterocycles. The topological polar surface area (TPSA) is 110 Å². The van der Waals surface area contributed by atoms with Crippen molar-refractivity contribution >= 4 is 46.6 Å². The van der Waals surface area contributed by atoms with Crippen molar-refractivity contribution in [1.29, 1.82) is 0 Å². The second-order valence-electron chi connectivity index (χ2n) is 10.9. The number of aromatic nitrogens is 3. The number of amides is 3. The summed E-state index contributed by atoms with van der Waals surface area (Å²) in [5.41, 5.74) is 3.72. The maximum Gasteiger partial charge on any atom is 0.330 e. The number of piperazine rings is 1. The van der Waals surface area contributed by atoms with Crippen molar-refractivity contribution in [2.75, 3.05) is 60.2 Å². The van der Waals surface area contributed by atoms with Crippen LogP contribution in [0.3, 0.4) is 0 Å². The SMILES string of the molecule is C=CC(=O)Nc1cccc(N2C(=O)N(Cc3ccccc3)CCc3cnc(Nc4ccc(N5CCN(C)CC5)nc4)nc32)c1. The van der Waals surface area contributed by atoms with E-state index in [1.165, 1.54) is 6.08 Å². The van der Waals surface area contributed by atoms with Crippen LogP contribution in [0.1, 0.15) is 11.1 Å². The van der Waals surface area contributed by atoms with Crippen LogP contribution in [0.2, 0.25) is 0 Å². The molecule has 1 saturated heterocycles. The monoisotopic (exact) mass is 589 g/mol. The van der Waals surface area contributed by atoms with Crippen LogP contribution in [-0.4, -0.2) is 76.5 Å². The number of benzene rings is 2. The second kappa shape index (κ2) is 12.9. The van der Waals surface area contributed by atoms with Gasteiger partial charge in [0.2, 0.25) is 11.9 Å². The van der Waals surface area contributed by atoms with Gasteiger partial charge in [0, 0.05) is 56.7 Å². The third-order valence-corrected chi connectivity index (χ3v) is 7.77. The van der Waals surface area contributed by atoms with Gasteiger partial charge in [0.05, 0.1) is 17.6 Å². The highest BCUT2D eigenvalue weighted by Crippen LogP contribution is 2.34. The van der Waals surface area contributed by atoms with Gasteiger partial charge in [-0.25, -0.2) is 19.7 Å². The van der Waals surface area contributed by atoms with Gasteiger partial charge in [0.15, 0.2) is 0 Å². The van der Waals surface area contributed by atoms with Crippen molar-refractivity contribution < 1.29 is 9.59 Å². The third kappa shape index (κ3) is 6.52. The number of carbonyl (C=O) groups is 2. The lowest BCUT2D eigenvalue weighted by Crippen LogP contribution is -2.44. The average molecular weight is 590 g/mol. The summed E-state index contributed by atoms with van der Waals surface area (Å²) < 4.78 is 0. The molecule has 6 rings (SSSR count). The van der Waals surface area contributed by atoms with Crippen LogP contribution in [0.15, 0.2) is 91.8 Å². The lowest BCUT2D eigenvalue weighted by molar-refractivity contribution is -0.111. The largest absolute Gasteiger partial charge is 0.354 e. The van der Waals surface area contributed by atoms with Crippen LogP contribution in [0, 0.1) is 0 Å². The van der Waals surface area contributed by atoms with E-state index >= 15 is 0 Å². The lowest BCUT2D eigenvalue weighted by Gasteiger charge is -2.33. The number of carbonyl (C=O) groups excluding carboxylic acids is 2. The van der Waals surface area contributed by atoms with Crippen molar-refractivity contribution in [2.24, 2.45) is 0 Å². The number of likely N-dealkylation sites (N-methyl/N-ethyl adjacent to an activating group) is 1. The fourth-order valence-electron chi connectivity index (χ4n) is 5.32. The molecule has 44 heavy (non-hydrogen) atoms. The average Bonchev–Trinajstić information content (AvgIpc) is 3.18. The molecule has 224 valence electrons. The van der Waals surface area contributed by atoms with E-state index in [9.17, 15) is 9.59 Å². The minimum absolute atomic E-state index is 0.220. The van der Waals surface area contributed by atoms with Gasteiger partial charge in [-0.3, -0.25) is 4.79 Å². The molecule has 4 aromatic rings. The number of rotatable bonds is 8. The number of nitrogens with one attached hydrogen (secondary N) is 2. The Hall–Kier alpha value is -5.29. The van der Waals surface area contributed by atoms with Crippen LogP contribution in [-0.2, 0) is 17.8 Å². The Kier molecular flexibility index (Phi) is 8.46. The minimum atomic E-state index is -0.337. The Morgan fingerprint density at radius 2 is 1.75 bits per heavy atom. The van der Waals surface area contributed by atoms with E-state index < -0.39 is 0 Å². The molecule has 4 heterocycles. The van der Waals surface area contributed by atoms with E-state index in [2.05, 4.69) is 44.0 Å². The number of anilines is 6. The quantitative estimate of drug-likeness (QED) is 0.282. The first-order chi connectivity index (χ1) is 21.5. The highest BCUT2D eigenvalue weighted by atomic mass is 16.2. The van der Waals surface area contributed by atoms with Crippen LogP contribution in [0.25, 0.3) is 0 Å². The number of nitrogens with zero attached hydrogens (tertiary/aromatic N) is 7. The summed E-state index contributed by atoms with van der Waals surface area (Å²) in [5.74, 6) is 1.43. The molecule has 0 atom stereocenters. The molecule has 0 aliphatic carbocycles. The van der Waals surface area contributed by atoms with Gasteiger partial charge in [0.1, 0.15) is 11.6 Å². The summed E-state index contributed by atoms with van der Waals surface area (Å²) in [5, 5.41) is 6.05. The molecule has 0 bridgehead atoms. The molecule has 3 amide bonds. The number of urea groups is 1. The third-order valence-electron chi connectivity index (χ3n) is 7.77. The Labute approximate surface area is 256 Å². The normalized spacial score (nSPS) is 15.4. The van der Waals surface area contributed by atoms with Crippen LogP contribution in [0.4, 0.5) is 39.4 Å². The molecule has 11 nitrogen and oxygen atoms in total. The fourth-order valence-corrected chi connectivity index (χ4v) is 5.32. The molecular formula is C33H35N9O2. The number of hydrogen-bond acceptors (Lipinski definition) is 8. The molecule has 1 fully saturated rings. The number of pyridine rings is 1. The molecule has 0 radical (unpaired) electrons. The minimum Gasteiger partial charge on any atom is -0.354 e. The Morgan fingerprint density at radius 3 is 2.50 bits per heavy atom. The standard InChI is InChI=1S/C33H35N9O2/c1-3-30(43)36-26-10-7-11-28(20-26)42-31-25(14-15-41(33(42)44)23-24-8-5-4-6-9-24)21-35-32(38-31)37-27-12-13-29(34-22-27)40-18-16-39(2)17-19-40/h3-13,20-22H,1,14-19,23H2,2H3,(H,36,43)(H,35,37,38). The molecular weight excluding hydrogens is 554 g/mol. The van der Waals surface area contributed by atoms with E-state index in [4.69, 9.17) is 4.98 Å². The summed E-state index contributed by atoms with van der Waals surface area (Å²) >= 11 is 0. The summed E-state index contributed by atoms with van der Waals surface area (Å²) in [6, 6.07) is 20.8. The molecule has 2 aromatic heterocycles. The van der Waals surface area contributed by atoms with Crippen molar-refractivity contribution in [3.05, 3.63) is 103 Å². The first-order valence-electron chi connectivity index (χ1n) is 14.7. The number of hydrogen-bond donors (Lipinski definition) is 2. The fraction of sp³-hybridized carbons (Fsp3) is 0.242. The Morgan fingerprint density at radius 1 is 0.932 bits per heavy atom. The highest BCUT2D eigenvalue weighted by Gasteiger charge is 2.31. The van der Waals surface area contributed by atoms with E-state index in [1.807, 2.05) is 48.5 Å². The maximum absolute atomic E-state index is 14.2. The summed E-state index contributed by atoms with van der Waals surface area (Å²) in [4.78, 5) is 48.4. The smallest absolute Gasteiger partial charge is 0.330 e. The highest BCUT2D eigenvalue weighted by molar-refractivity contribution is 6.02. The summed E-state index contributed by atoms with van der Waals surface area (Å²) in [6.07, 6.45) is 5.34. The molecule has 0 unspecified atom stereocenters. The molecule has 0 spiro atoms. The van der Waals surface area contributed by atoms with E-state index in [-0.39, 0.29) is 11.9 Å². The van der Waals surface area contributed by atoms with Crippen LogP contribution in [0.5, 0.6) is 0 Å². The van der Waals surface area contributed by atoms with E-state index in [1.54, 1.807) is 40.4 Å². The zero-order chi connectivity index (χ0) is 30.5. The predicted octanol–water partition coefficient (Wildman–Crippen LogP) is 4.81. The lowest BCUT2D eigenvalue weighted by atomic mass is 10.2. The van der Waals surface area contributed by atoms with Crippen LogP contribution >= 0.6 is 0 Å². The molecule has 2 aliphatic rings. The van der Waals surface area contributed by atoms with Crippen LogP contribution < -0.4 is 20.4 Å². The van der Waals surface area contributed by atoms with Gasteiger partial charge in [-0.05, 0) is 55.4 Å². The summed E-state index contributed by atoms with van der Waals surface area (Å²) in [6.45, 7) is 8.36.